The summed E-state index contributed by atoms with van der Waals surface area (Å²) in [4.78, 5) is 22.6. The molecule has 1 aliphatic heterocycles. The van der Waals surface area contributed by atoms with Gasteiger partial charge in [-0.1, -0.05) is 28.0 Å². The Morgan fingerprint density at radius 3 is 2.84 bits per heavy atom. The molecule has 1 aliphatic rings. The summed E-state index contributed by atoms with van der Waals surface area (Å²) in [5.74, 6) is 0.826. The molecule has 0 aromatic rings. The van der Waals surface area contributed by atoms with Gasteiger partial charge in [0, 0.05) is 17.5 Å². The highest BCUT2D eigenvalue weighted by Gasteiger charge is 2.16. The molecule has 0 aromatic carbocycles. The predicted octanol–water partition coefficient (Wildman–Crippen LogP) is 2.17. The number of ether oxygens (including phenoxy) is 1. The van der Waals surface area contributed by atoms with Gasteiger partial charge in [-0.15, -0.1) is 0 Å². The average molecular weight is 306 g/mol. The van der Waals surface area contributed by atoms with Crippen molar-refractivity contribution in [1.29, 1.82) is 0 Å². The molecular formula is C12H22N2O3S2. The van der Waals surface area contributed by atoms with Gasteiger partial charge in [-0.05, 0) is 26.2 Å². The second-order valence-electron chi connectivity index (χ2n) is 4.47. The molecule has 2 unspecified atom stereocenters. The zero-order valence-corrected chi connectivity index (χ0v) is 13.1. The second kappa shape index (κ2) is 9.36. The number of carbonyl (C=O) groups is 2. The van der Waals surface area contributed by atoms with Gasteiger partial charge in [-0.3, -0.25) is 0 Å². The van der Waals surface area contributed by atoms with Crippen LogP contribution in [0.25, 0.3) is 0 Å². The molecule has 1 fully saturated rings. The molecule has 7 heteroatoms. The molecule has 5 nitrogen and oxygen atoms in total. The zero-order valence-electron chi connectivity index (χ0n) is 11.4. The molecule has 2 amide bonds. The van der Waals surface area contributed by atoms with Crippen molar-refractivity contribution < 1.29 is 14.3 Å². The smallest absolute Gasteiger partial charge is 0.328 e. The first kappa shape index (κ1) is 16.5. The number of amides is 2. The van der Waals surface area contributed by atoms with E-state index in [9.17, 15) is 9.59 Å². The Balaban J connectivity index is 1.99. The van der Waals surface area contributed by atoms with E-state index < -0.39 is 12.0 Å². The summed E-state index contributed by atoms with van der Waals surface area (Å²) >= 11 is 0. The molecule has 0 spiro atoms. The van der Waals surface area contributed by atoms with Crippen molar-refractivity contribution in [3.8, 4) is 0 Å². The lowest BCUT2D eigenvalue weighted by Gasteiger charge is -2.12. The molecule has 1 rings (SSSR count). The van der Waals surface area contributed by atoms with Gasteiger partial charge in [-0.2, -0.15) is 0 Å². The maximum Gasteiger partial charge on any atom is 0.328 e. The van der Waals surface area contributed by atoms with Crippen molar-refractivity contribution in [2.45, 2.75) is 43.9 Å². The molecule has 2 atom stereocenters. The number of unbranched alkanes of at least 4 members (excludes halogenated alkanes) is 1. The van der Waals surface area contributed by atoms with Crippen molar-refractivity contribution in [1.82, 2.24) is 10.6 Å². The minimum Gasteiger partial charge on any atom is -0.467 e. The third-order valence-electron chi connectivity index (χ3n) is 2.87. The first-order valence-corrected chi connectivity index (χ1v) is 8.92. The fraction of sp³-hybridized carbons (Fsp3) is 0.833. The number of urea groups is 1. The van der Waals surface area contributed by atoms with Gasteiger partial charge in [-0.25, -0.2) is 9.59 Å². The van der Waals surface area contributed by atoms with E-state index in [0.29, 0.717) is 6.54 Å². The minimum atomic E-state index is -0.614. The van der Waals surface area contributed by atoms with E-state index in [0.717, 1.165) is 18.1 Å². The summed E-state index contributed by atoms with van der Waals surface area (Å²) in [6.07, 6.45) is 4.63. The Morgan fingerprint density at radius 2 is 2.21 bits per heavy atom. The molecule has 0 bridgehead atoms. The fourth-order valence-electron chi connectivity index (χ4n) is 1.75. The Kier molecular flexibility index (Phi) is 8.13. The van der Waals surface area contributed by atoms with Crippen molar-refractivity contribution in [2.75, 3.05) is 19.4 Å². The quantitative estimate of drug-likeness (QED) is 0.429. The number of hydrogen-bond donors (Lipinski definition) is 2. The summed E-state index contributed by atoms with van der Waals surface area (Å²) in [6.45, 7) is 2.24. The molecule has 0 saturated carbocycles. The maximum absolute atomic E-state index is 11.5. The molecule has 0 radical (unpaired) electrons. The Bertz CT molecular complexity index is 297. The van der Waals surface area contributed by atoms with Crippen LogP contribution in [0.3, 0.4) is 0 Å². The number of rotatable bonds is 7. The summed E-state index contributed by atoms with van der Waals surface area (Å²) in [5.41, 5.74) is 0. The van der Waals surface area contributed by atoms with Crippen LogP contribution in [0.5, 0.6) is 0 Å². The van der Waals surface area contributed by atoms with Crippen molar-refractivity contribution in [2.24, 2.45) is 0 Å². The van der Waals surface area contributed by atoms with Crippen LogP contribution in [0.4, 0.5) is 4.79 Å². The first-order chi connectivity index (χ1) is 9.13. The predicted molar refractivity (Wildman–Crippen MR) is 80.3 cm³/mol. The third kappa shape index (κ3) is 6.96. The lowest BCUT2D eigenvalue weighted by molar-refractivity contribution is -0.142. The van der Waals surface area contributed by atoms with Crippen molar-refractivity contribution in [3.05, 3.63) is 0 Å². The van der Waals surface area contributed by atoms with Gasteiger partial charge < -0.3 is 15.4 Å². The van der Waals surface area contributed by atoms with Crippen molar-refractivity contribution >= 4 is 33.6 Å². The van der Waals surface area contributed by atoms with Crippen LogP contribution in [0.2, 0.25) is 0 Å². The van der Waals surface area contributed by atoms with Gasteiger partial charge >= 0.3 is 12.0 Å². The van der Waals surface area contributed by atoms with Crippen molar-refractivity contribution in [3.63, 3.8) is 0 Å². The molecule has 2 N–H and O–H groups in total. The van der Waals surface area contributed by atoms with E-state index >= 15 is 0 Å². The van der Waals surface area contributed by atoms with Crippen LogP contribution in [0.1, 0.15) is 32.6 Å². The summed E-state index contributed by atoms with van der Waals surface area (Å²) in [7, 11) is 5.25. The lowest BCUT2D eigenvalue weighted by Crippen LogP contribution is -2.45. The SMILES string of the molecule is COC(=O)C(C)NC(=O)NCCCCC1CCSS1. The van der Waals surface area contributed by atoms with Gasteiger partial charge in [0.2, 0.25) is 0 Å². The van der Waals surface area contributed by atoms with Gasteiger partial charge in [0.25, 0.3) is 0 Å². The fourth-order valence-corrected chi connectivity index (χ4v) is 4.77. The second-order valence-corrected chi connectivity index (χ2v) is 7.26. The van der Waals surface area contributed by atoms with E-state index in [1.165, 1.54) is 25.7 Å². The van der Waals surface area contributed by atoms with Gasteiger partial charge in [0.1, 0.15) is 6.04 Å². The lowest BCUT2D eigenvalue weighted by atomic mass is 10.1. The van der Waals surface area contributed by atoms with E-state index in [2.05, 4.69) is 15.4 Å². The summed E-state index contributed by atoms with van der Waals surface area (Å²) in [5, 5.41) is 6.07. The molecular weight excluding hydrogens is 284 g/mol. The van der Waals surface area contributed by atoms with E-state index in [4.69, 9.17) is 0 Å². The minimum absolute atomic E-state index is 0.316. The molecule has 0 aliphatic carbocycles. The highest BCUT2D eigenvalue weighted by Crippen LogP contribution is 2.39. The molecule has 110 valence electrons. The standard InChI is InChI=1S/C12H22N2O3S2/c1-9(11(15)17-2)14-12(16)13-7-4-3-5-10-6-8-18-19-10/h9-10H,3-8H2,1-2H3,(H2,13,14,16). The largest absolute Gasteiger partial charge is 0.467 e. The molecule has 1 saturated heterocycles. The van der Waals surface area contributed by atoms with Gasteiger partial charge in [0.15, 0.2) is 0 Å². The summed E-state index contributed by atoms with van der Waals surface area (Å²) < 4.78 is 4.53. The van der Waals surface area contributed by atoms with Crippen LogP contribution < -0.4 is 10.6 Å². The van der Waals surface area contributed by atoms with Gasteiger partial charge in [0.05, 0.1) is 7.11 Å². The van der Waals surface area contributed by atoms with Crippen LogP contribution in [-0.2, 0) is 9.53 Å². The van der Waals surface area contributed by atoms with Crippen LogP contribution in [0.15, 0.2) is 0 Å². The van der Waals surface area contributed by atoms with Crippen LogP contribution >= 0.6 is 21.6 Å². The number of esters is 1. The van der Waals surface area contributed by atoms with E-state index in [1.54, 1.807) is 6.92 Å². The van der Waals surface area contributed by atoms with Crippen LogP contribution in [0, 0.1) is 0 Å². The van der Waals surface area contributed by atoms with Crippen LogP contribution in [-0.4, -0.2) is 42.7 Å². The number of hydrogen-bond acceptors (Lipinski definition) is 5. The highest BCUT2D eigenvalue weighted by molar-refractivity contribution is 8.77. The topological polar surface area (TPSA) is 67.4 Å². The normalized spacial score (nSPS) is 19.8. The third-order valence-corrected chi connectivity index (χ3v) is 5.87. The number of carbonyl (C=O) groups excluding carboxylic acids is 2. The Morgan fingerprint density at radius 1 is 1.42 bits per heavy atom. The number of methoxy groups -OCH3 is 1. The molecule has 0 aromatic heterocycles. The van der Waals surface area contributed by atoms with E-state index in [-0.39, 0.29) is 6.03 Å². The molecule has 1 heterocycles. The Labute approximate surface area is 122 Å². The maximum atomic E-state index is 11.5. The molecule has 19 heavy (non-hydrogen) atoms. The number of nitrogens with one attached hydrogen (secondary N) is 2. The van der Waals surface area contributed by atoms with E-state index in [1.807, 2.05) is 21.6 Å². The Hall–Kier alpha value is -0.560. The summed E-state index contributed by atoms with van der Waals surface area (Å²) in [6, 6.07) is -0.930. The average Bonchev–Trinajstić information content (AvgIpc) is 2.90. The zero-order chi connectivity index (χ0) is 14.1. The highest BCUT2D eigenvalue weighted by atomic mass is 33.1. The monoisotopic (exact) mass is 306 g/mol. The first-order valence-electron chi connectivity index (χ1n) is 6.54.